The molecule has 0 aliphatic heterocycles. The van der Waals surface area contributed by atoms with Crippen LogP contribution < -0.4 is 10.1 Å². The van der Waals surface area contributed by atoms with Crippen LogP contribution in [0.15, 0.2) is 6.33 Å². The minimum Gasteiger partial charge on any atom is -0.501 e. The number of nitrogens with one attached hydrogen (secondary N) is 1. The molecule has 0 radical (unpaired) electrons. The molecule has 0 aliphatic carbocycles. The van der Waals surface area contributed by atoms with Gasteiger partial charge in [-0.25, -0.2) is 9.78 Å². The Morgan fingerprint density at radius 2 is 2.24 bits per heavy atom. The van der Waals surface area contributed by atoms with E-state index >= 15 is 0 Å². The number of nitrogens with zero attached hydrogens (tertiary/aromatic N) is 2. The van der Waals surface area contributed by atoms with Gasteiger partial charge in [-0.1, -0.05) is 11.6 Å². The Morgan fingerprint density at radius 1 is 1.59 bits per heavy atom. The summed E-state index contributed by atoms with van der Waals surface area (Å²) in [6.45, 7) is 2.93. The molecule has 0 bridgehead atoms. The fourth-order valence-corrected chi connectivity index (χ4v) is 0.971. The maximum absolute atomic E-state index is 11.4. The molecule has 0 saturated heterocycles. The van der Waals surface area contributed by atoms with Crippen LogP contribution in [0.5, 0.6) is 11.6 Å². The van der Waals surface area contributed by atoms with Gasteiger partial charge in [-0.15, -0.1) is 0 Å². The van der Waals surface area contributed by atoms with Crippen molar-refractivity contribution in [3.63, 3.8) is 0 Å². The van der Waals surface area contributed by atoms with Crippen molar-refractivity contribution in [2.24, 2.45) is 0 Å². The van der Waals surface area contributed by atoms with Crippen LogP contribution in [0.1, 0.15) is 13.8 Å². The van der Waals surface area contributed by atoms with Gasteiger partial charge in [0.15, 0.2) is 5.15 Å². The summed E-state index contributed by atoms with van der Waals surface area (Å²) >= 11 is 5.50. The molecule has 7 nitrogen and oxygen atoms in total. The van der Waals surface area contributed by atoms with Crippen molar-refractivity contribution in [2.45, 2.75) is 19.4 Å². The fraction of sp³-hybridized carbons (Fsp3) is 0.444. The van der Waals surface area contributed by atoms with Crippen LogP contribution in [0.25, 0.3) is 0 Å². The lowest BCUT2D eigenvalue weighted by Gasteiger charge is -2.22. The number of ether oxygens (including phenoxy) is 1. The van der Waals surface area contributed by atoms with Gasteiger partial charge in [-0.05, 0) is 13.8 Å². The Balaban J connectivity index is 2.72. The minimum atomic E-state index is -0.867. The third-order valence-corrected chi connectivity index (χ3v) is 2.05. The summed E-state index contributed by atoms with van der Waals surface area (Å²) in [5.74, 6) is -0.873. The lowest BCUT2D eigenvalue weighted by atomic mass is 10.1. The Bertz CT molecular complexity index is 425. The molecule has 1 heterocycles. The van der Waals surface area contributed by atoms with Gasteiger partial charge in [0.2, 0.25) is 5.75 Å². The van der Waals surface area contributed by atoms with E-state index in [1.54, 1.807) is 13.8 Å². The first-order valence-corrected chi connectivity index (χ1v) is 5.04. The molecule has 0 saturated carbocycles. The van der Waals surface area contributed by atoms with Gasteiger partial charge in [0.1, 0.15) is 6.33 Å². The molecule has 8 heteroatoms. The number of aliphatic hydroxyl groups is 1. The molecule has 1 aromatic heterocycles. The van der Waals surface area contributed by atoms with Crippen LogP contribution in [-0.2, 0) is 0 Å². The zero-order chi connectivity index (χ0) is 13.1. The highest BCUT2D eigenvalue weighted by molar-refractivity contribution is 6.30. The topological polar surface area (TPSA) is 105 Å². The number of aromatic nitrogens is 2. The molecule has 0 aliphatic rings. The van der Waals surface area contributed by atoms with E-state index in [4.69, 9.17) is 21.4 Å². The van der Waals surface area contributed by atoms with E-state index in [0.717, 1.165) is 6.33 Å². The van der Waals surface area contributed by atoms with Gasteiger partial charge in [0.25, 0.3) is 5.88 Å². The highest BCUT2D eigenvalue weighted by atomic mass is 35.5. The molecule has 3 N–H and O–H groups in total. The van der Waals surface area contributed by atoms with E-state index in [9.17, 15) is 9.90 Å². The van der Waals surface area contributed by atoms with E-state index in [0.29, 0.717) is 0 Å². The zero-order valence-corrected chi connectivity index (χ0v) is 10.0. The van der Waals surface area contributed by atoms with Crippen LogP contribution in [0.2, 0.25) is 5.15 Å². The van der Waals surface area contributed by atoms with Gasteiger partial charge in [-0.2, -0.15) is 4.98 Å². The van der Waals surface area contributed by atoms with Gasteiger partial charge in [0, 0.05) is 0 Å². The van der Waals surface area contributed by atoms with Crippen LogP contribution in [0.4, 0.5) is 4.79 Å². The Hall–Kier alpha value is -1.60. The number of carbonyl (C=O) groups is 1. The number of hydrogen-bond acceptors (Lipinski definition) is 6. The van der Waals surface area contributed by atoms with Gasteiger partial charge >= 0.3 is 6.09 Å². The van der Waals surface area contributed by atoms with Crippen LogP contribution in [0, 0.1) is 0 Å². The summed E-state index contributed by atoms with van der Waals surface area (Å²) < 4.78 is 4.72. The second kappa shape index (κ2) is 5.15. The second-order valence-corrected chi connectivity index (χ2v) is 4.23. The molecule has 0 fully saturated rings. The number of halogens is 1. The van der Waals surface area contributed by atoms with Gasteiger partial charge in [-0.3, -0.25) is 0 Å². The monoisotopic (exact) mass is 261 g/mol. The van der Waals surface area contributed by atoms with E-state index in [-0.39, 0.29) is 17.6 Å². The van der Waals surface area contributed by atoms with E-state index < -0.39 is 17.4 Å². The third-order valence-electron chi connectivity index (χ3n) is 1.77. The predicted octanol–water partition coefficient (Wildman–Crippen LogP) is 0.695. The number of rotatable bonds is 3. The number of hydrogen-bond donors (Lipinski definition) is 3. The average molecular weight is 262 g/mol. The zero-order valence-electron chi connectivity index (χ0n) is 9.27. The molecular formula is C9H12ClN3O4. The maximum atomic E-state index is 11.4. The molecule has 0 spiro atoms. The number of carbonyl (C=O) groups excluding carboxylic acids is 1. The van der Waals surface area contributed by atoms with E-state index in [2.05, 4.69) is 15.3 Å². The standard InChI is InChI=1S/C9H12ClN3O4/c1-9(2,3-14)13-8(16)17-7-5(15)6(10)11-4-12-7/h4,14-15H,3H2,1-2H3,(H,13,16). The first kappa shape index (κ1) is 13.5. The summed E-state index contributed by atoms with van der Waals surface area (Å²) in [6.07, 6.45) is 0.177. The van der Waals surface area contributed by atoms with Gasteiger partial charge in [0.05, 0.1) is 12.1 Å². The maximum Gasteiger partial charge on any atom is 0.414 e. The van der Waals surface area contributed by atoms with Crippen molar-refractivity contribution in [1.29, 1.82) is 0 Å². The highest BCUT2D eigenvalue weighted by Gasteiger charge is 2.22. The van der Waals surface area contributed by atoms with Crippen molar-refractivity contribution in [2.75, 3.05) is 6.61 Å². The molecule has 94 valence electrons. The number of amides is 1. The van der Waals surface area contributed by atoms with Crippen molar-refractivity contribution < 1.29 is 19.7 Å². The summed E-state index contributed by atoms with van der Waals surface area (Å²) in [4.78, 5) is 18.4. The number of aliphatic hydroxyl groups excluding tert-OH is 1. The van der Waals surface area contributed by atoms with E-state index in [1.807, 2.05) is 0 Å². The SMILES string of the molecule is CC(C)(CO)NC(=O)Oc1ncnc(Cl)c1O. The van der Waals surface area contributed by atoms with Crippen LogP contribution >= 0.6 is 11.6 Å². The molecule has 1 rings (SSSR count). The predicted molar refractivity (Wildman–Crippen MR) is 59.0 cm³/mol. The van der Waals surface area contributed by atoms with Crippen molar-refractivity contribution in [3.8, 4) is 11.6 Å². The quantitative estimate of drug-likeness (QED) is 0.692. The largest absolute Gasteiger partial charge is 0.501 e. The third kappa shape index (κ3) is 3.72. The number of aromatic hydroxyl groups is 1. The Kier molecular flexibility index (Phi) is 4.08. The first-order valence-electron chi connectivity index (χ1n) is 4.66. The lowest BCUT2D eigenvalue weighted by Crippen LogP contribution is -2.47. The molecule has 1 aromatic rings. The average Bonchev–Trinajstić information content (AvgIpc) is 2.24. The summed E-state index contributed by atoms with van der Waals surface area (Å²) in [7, 11) is 0. The Morgan fingerprint density at radius 3 is 2.82 bits per heavy atom. The lowest BCUT2D eigenvalue weighted by molar-refractivity contribution is 0.156. The molecule has 17 heavy (non-hydrogen) atoms. The van der Waals surface area contributed by atoms with Crippen LogP contribution in [-0.4, -0.2) is 38.4 Å². The minimum absolute atomic E-state index is 0.218. The van der Waals surface area contributed by atoms with Crippen molar-refractivity contribution in [1.82, 2.24) is 15.3 Å². The molecular weight excluding hydrogens is 250 g/mol. The molecule has 1 amide bonds. The van der Waals surface area contributed by atoms with Crippen molar-refractivity contribution in [3.05, 3.63) is 11.5 Å². The molecule has 0 atom stereocenters. The highest BCUT2D eigenvalue weighted by Crippen LogP contribution is 2.28. The second-order valence-electron chi connectivity index (χ2n) is 3.87. The Labute approximate surface area is 102 Å². The normalized spacial score (nSPS) is 11.1. The molecule has 0 unspecified atom stereocenters. The van der Waals surface area contributed by atoms with Crippen molar-refractivity contribution >= 4 is 17.7 Å². The summed E-state index contributed by atoms with van der Waals surface area (Å²) in [5, 5.41) is 20.5. The summed E-state index contributed by atoms with van der Waals surface area (Å²) in [5.41, 5.74) is -0.844. The fourth-order valence-electron chi connectivity index (χ4n) is 0.846. The van der Waals surface area contributed by atoms with E-state index in [1.165, 1.54) is 0 Å². The first-order chi connectivity index (χ1) is 7.85. The molecule has 0 aromatic carbocycles. The van der Waals surface area contributed by atoms with Gasteiger partial charge < -0.3 is 20.3 Å². The van der Waals surface area contributed by atoms with Crippen LogP contribution in [0.3, 0.4) is 0 Å². The smallest absolute Gasteiger partial charge is 0.414 e. The summed E-state index contributed by atoms with van der Waals surface area (Å²) in [6, 6.07) is 0.